The summed E-state index contributed by atoms with van der Waals surface area (Å²) in [5.41, 5.74) is 2.94. The Morgan fingerprint density at radius 2 is 1.92 bits per heavy atom. The Morgan fingerprint density at radius 3 is 2.64 bits per heavy atom. The van der Waals surface area contributed by atoms with Crippen LogP contribution in [0.15, 0.2) is 48.5 Å². The van der Waals surface area contributed by atoms with E-state index in [4.69, 9.17) is 11.6 Å². The molecule has 2 aromatic carbocycles. The Balaban J connectivity index is 1.64. The van der Waals surface area contributed by atoms with Gasteiger partial charge in [0.2, 0.25) is 11.7 Å². The van der Waals surface area contributed by atoms with Crippen LogP contribution in [0.2, 0.25) is 5.02 Å². The van der Waals surface area contributed by atoms with Gasteiger partial charge in [-0.1, -0.05) is 48.0 Å². The summed E-state index contributed by atoms with van der Waals surface area (Å²) in [5, 5.41) is 15.9. The van der Waals surface area contributed by atoms with Crippen molar-refractivity contribution in [3.05, 3.63) is 64.7 Å². The van der Waals surface area contributed by atoms with Crippen LogP contribution >= 0.6 is 11.6 Å². The molecule has 128 valence electrons. The number of rotatable bonds is 5. The number of nitrogens with zero attached hydrogens (tertiary/aromatic N) is 4. The van der Waals surface area contributed by atoms with Gasteiger partial charge in [0.1, 0.15) is 6.54 Å². The lowest BCUT2D eigenvalue weighted by Crippen LogP contribution is -2.30. The molecule has 1 amide bonds. The van der Waals surface area contributed by atoms with Crippen LogP contribution in [0, 0.1) is 6.92 Å². The lowest BCUT2D eigenvalue weighted by atomic mass is 10.1. The zero-order valence-electron chi connectivity index (χ0n) is 14.0. The molecule has 0 saturated heterocycles. The molecule has 1 aromatic heterocycles. The second-order valence-corrected chi connectivity index (χ2v) is 6.24. The van der Waals surface area contributed by atoms with Gasteiger partial charge >= 0.3 is 0 Å². The number of amides is 1. The second kappa shape index (κ2) is 7.44. The summed E-state index contributed by atoms with van der Waals surface area (Å²) >= 11 is 5.88. The van der Waals surface area contributed by atoms with Crippen molar-refractivity contribution in [3.8, 4) is 11.4 Å². The third-order valence-corrected chi connectivity index (χ3v) is 4.12. The normalized spacial score (nSPS) is 12.0. The van der Waals surface area contributed by atoms with E-state index in [1.165, 1.54) is 4.80 Å². The number of benzene rings is 2. The molecule has 0 fully saturated rings. The Kier molecular flexibility index (Phi) is 5.09. The zero-order chi connectivity index (χ0) is 17.8. The molecule has 1 heterocycles. The third-order valence-electron chi connectivity index (χ3n) is 3.87. The van der Waals surface area contributed by atoms with Gasteiger partial charge in [-0.05, 0) is 42.3 Å². The fourth-order valence-corrected chi connectivity index (χ4v) is 2.62. The number of aromatic nitrogens is 4. The fraction of sp³-hybridized carbons (Fsp3) is 0.222. The molecule has 0 radical (unpaired) electrons. The maximum absolute atomic E-state index is 12.2. The molecule has 0 bridgehead atoms. The minimum absolute atomic E-state index is 0.0107. The number of tetrazole rings is 1. The quantitative estimate of drug-likeness (QED) is 0.763. The molecule has 7 heteroatoms. The number of nitrogens with one attached hydrogen (secondary N) is 1. The molecule has 6 nitrogen and oxygen atoms in total. The topological polar surface area (TPSA) is 72.7 Å². The van der Waals surface area contributed by atoms with Crippen molar-refractivity contribution >= 4 is 17.5 Å². The van der Waals surface area contributed by atoms with Gasteiger partial charge in [0, 0.05) is 10.6 Å². The first kappa shape index (κ1) is 17.1. The number of halogens is 1. The first-order valence-corrected chi connectivity index (χ1v) is 8.29. The van der Waals surface area contributed by atoms with E-state index in [2.05, 4.69) is 20.7 Å². The summed E-state index contributed by atoms with van der Waals surface area (Å²) in [6.45, 7) is 3.90. The maximum atomic E-state index is 12.2. The Morgan fingerprint density at radius 1 is 1.20 bits per heavy atom. The largest absolute Gasteiger partial charge is 0.348 e. The predicted molar refractivity (Wildman–Crippen MR) is 96.0 cm³/mol. The number of aryl methyl sites for hydroxylation is 1. The van der Waals surface area contributed by atoms with Crippen LogP contribution < -0.4 is 5.32 Å². The predicted octanol–water partition coefficient (Wildman–Crippen LogP) is 3.18. The van der Waals surface area contributed by atoms with Crippen molar-refractivity contribution in [1.29, 1.82) is 0 Å². The van der Waals surface area contributed by atoms with Crippen molar-refractivity contribution in [1.82, 2.24) is 25.5 Å². The average molecular weight is 356 g/mol. The summed E-state index contributed by atoms with van der Waals surface area (Å²) < 4.78 is 0. The highest BCUT2D eigenvalue weighted by Gasteiger charge is 2.13. The molecule has 0 unspecified atom stereocenters. The van der Waals surface area contributed by atoms with E-state index in [1.807, 2.05) is 50.2 Å². The van der Waals surface area contributed by atoms with Crippen LogP contribution in [0.1, 0.15) is 24.1 Å². The van der Waals surface area contributed by atoms with Gasteiger partial charge in [0.05, 0.1) is 6.04 Å². The van der Waals surface area contributed by atoms with Crippen molar-refractivity contribution in [2.75, 3.05) is 0 Å². The fourth-order valence-electron chi connectivity index (χ4n) is 2.49. The van der Waals surface area contributed by atoms with Crippen LogP contribution in [-0.4, -0.2) is 26.1 Å². The van der Waals surface area contributed by atoms with E-state index in [1.54, 1.807) is 12.1 Å². The van der Waals surface area contributed by atoms with Gasteiger partial charge in [-0.15, -0.1) is 10.2 Å². The van der Waals surface area contributed by atoms with E-state index in [-0.39, 0.29) is 18.5 Å². The van der Waals surface area contributed by atoms with E-state index in [9.17, 15) is 4.79 Å². The van der Waals surface area contributed by atoms with Crippen LogP contribution in [0.25, 0.3) is 11.4 Å². The summed E-state index contributed by atoms with van der Waals surface area (Å²) in [4.78, 5) is 13.5. The highest BCUT2D eigenvalue weighted by molar-refractivity contribution is 6.30. The number of carbonyl (C=O) groups is 1. The summed E-state index contributed by atoms with van der Waals surface area (Å²) in [5.74, 6) is 0.327. The molecule has 1 atom stereocenters. The van der Waals surface area contributed by atoms with Crippen molar-refractivity contribution in [3.63, 3.8) is 0 Å². The summed E-state index contributed by atoms with van der Waals surface area (Å²) in [6, 6.07) is 15.0. The number of hydrogen-bond donors (Lipinski definition) is 1. The number of carbonyl (C=O) groups excluding carboxylic acids is 1. The van der Waals surface area contributed by atoms with Crippen molar-refractivity contribution in [2.24, 2.45) is 0 Å². The van der Waals surface area contributed by atoms with Gasteiger partial charge in [0.15, 0.2) is 0 Å². The van der Waals surface area contributed by atoms with E-state index >= 15 is 0 Å². The molecule has 0 aliphatic heterocycles. The van der Waals surface area contributed by atoms with Crippen LogP contribution in [0.3, 0.4) is 0 Å². The molecule has 25 heavy (non-hydrogen) atoms. The molecular formula is C18H18ClN5O. The van der Waals surface area contributed by atoms with Gasteiger partial charge in [-0.3, -0.25) is 4.79 Å². The molecule has 0 aliphatic rings. The third kappa shape index (κ3) is 4.22. The van der Waals surface area contributed by atoms with Crippen molar-refractivity contribution in [2.45, 2.75) is 26.4 Å². The highest BCUT2D eigenvalue weighted by Crippen LogP contribution is 2.18. The van der Waals surface area contributed by atoms with Crippen LogP contribution in [0.4, 0.5) is 0 Å². The van der Waals surface area contributed by atoms with E-state index in [0.29, 0.717) is 10.8 Å². The molecule has 0 saturated carbocycles. The SMILES string of the molecule is Cc1ccccc1-c1nnn(CC(=O)N[C@H](C)c2ccc(Cl)cc2)n1. The Hall–Kier alpha value is -2.73. The summed E-state index contributed by atoms with van der Waals surface area (Å²) in [7, 11) is 0. The zero-order valence-corrected chi connectivity index (χ0v) is 14.7. The van der Waals surface area contributed by atoms with Gasteiger partial charge < -0.3 is 5.32 Å². The standard InChI is InChI=1S/C18H18ClN5O/c1-12-5-3-4-6-16(12)18-21-23-24(22-18)11-17(25)20-13(2)14-7-9-15(19)10-8-14/h3-10,13H,11H2,1-2H3,(H,20,25)/t13-/m1/s1. The average Bonchev–Trinajstić information content (AvgIpc) is 3.03. The minimum atomic E-state index is -0.184. The maximum Gasteiger partial charge on any atom is 0.244 e. The number of hydrogen-bond acceptors (Lipinski definition) is 4. The summed E-state index contributed by atoms with van der Waals surface area (Å²) in [6.07, 6.45) is 0. The van der Waals surface area contributed by atoms with Crippen molar-refractivity contribution < 1.29 is 4.79 Å². The van der Waals surface area contributed by atoms with Crippen LogP contribution in [0.5, 0.6) is 0 Å². The van der Waals surface area contributed by atoms with E-state index in [0.717, 1.165) is 16.7 Å². The minimum Gasteiger partial charge on any atom is -0.348 e. The lowest BCUT2D eigenvalue weighted by Gasteiger charge is -2.14. The Bertz CT molecular complexity index is 875. The van der Waals surface area contributed by atoms with Gasteiger partial charge in [-0.25, -0.2) is 0 Å². The van der Waals surface area contributed by atoms with Gasteiger partial charge in [-0.2, -0.15) is 4.80 Å². The lowest BCUT2D eigenvalue weighted by molar-refractivity contribution is -0.122. The first-order valence-electron chi connectivity index (χ1n) is 7.91. The van der Waals surface area contributed by atoms with Gasteiger partial charge in [0.25, 0.3) is 0 Å². The van der Waals surface area contributed by atoms with E-state index < -0.39 is 0 Å². The smallest absolute Gasteiger partial charge is 0.244 e. The highest BCUT2D eigenvalue weighted by atomic mass is 35.5. The molecule has 0 spiro atoms. The molecular weight excluding hydrogens is 338 g/mol. The molecule has 3 aromatic rings. The van der Waals surface area contributed by atoms with Crippen LogP contribution in [-0.2, 0) is 11.3 Å². The Labute approximate surface area is 150 Å². The molecule has 3 rings (SSSR count). The monoisotopic (exact) mass is 355 g/mol. The second-order valence-electron chi connectivity index (χ2n) is 5.80. The molecule has 0 aliphatic carbocycles. The molecule has 1 N–H and O–H groups in total. The first-order chi connectivity index (χ1) is 12.0.